The van der Waals surface area contributed by atoms with E-state index in [9.17, 15) is 9.90 Å². The fraction of sp³-hybridized carbons (Fsp3) is 0.429. The molecule has 1 fully saturated rings. The molecule has 1 saturated heterocycles. The fourth-order valence-corrected chi connectivity index (χ4v) is 5.61. The predicted octanol–water partition coefficient (Wildman–Crippen LogP) is 8.56. The predicted molar refractivity (Wildman–Crippen MR) is 164 cm³/mol. The van der Waals surface area contributed by atoms with Crippen LogP contribution in [0.4, 0.5) is 4.39 Å². The molecule has 0 amide bonds. The first-order valence-electron chi connectivity index (χ1n) is 14.9. The highest BCUT2D eigenvalue weighted by molar-refractivity contribution is 5.99. The Morgan fingerprint density at radius 3 is 2.44 bits per heavy atom. The Balaban J connectivity index is 1.44. The molecule has 218 valence electrons. The van der Waals surface area contributed by atoms with E-state index in [0.717, 1.165) is 42.5 Å². The highest BCUT2D eigenvalue weighted by atomic mass is 19.1. The lowest BCUT2D eigenvalue weighted by Gasteiger charge is -2.47. The molecule has 1 N–H and O–H groups in total. The van der Waals surface area contributed by atoms with Gasteiger partial charge < -0.3 is 9.84 Å². The van der Waals surface area contributed by atoms with E-state index in [1.54, 1.807) is 24.3 Å². The number of benzene rings is 3. The monoisotopic (exact) mass is 558 g/mol. The largest absolute Gasteiger partial charge is 0.507 e. The standard InChI is InChI=1S/C35H43FN2O3/c1-6-10-30-21-29(8-3)38(30)37-23(4)27-12-9-13-28(20-27)34(36)26-16-14-25(15-17-26)22-41-33-19-18-31(24(5)39)35(40)32(33)11-7-2/h9,12-20,29-30,34,40H,6-8,10-11,21-22H2,1-5H3/b37-23+. The number of carbonyl (C=O) groups is 1. The van der Waals surface area contributed by atoms with Gasteiger partial charge in [-0.1, -0.05) is 76.1 Å². The normalized spacial score (nSPS) is 17.7. The van der Waals surface area contributed by atoms with Gasteiger partial charge in [-0.15, -0.1) is 0 Å². The van der Waals surface area contributed by atoms with Crippen molar-refractivity contribution >= 4 is 11.5 Å². The first-order valence-corrected chi connectivity index (χ1v) is 14.9. The molecule has 0 saturated carbocycles. The van der Waals surface area contributed by atoms with Crippen molar-refractivity contribution in [2.75, 3.05) is 0 Å². The number of ether oxygens (including phenoxy) is 1. The number of halogens is 1. The average molecular weight is 559 g/mol. The Morgan fingerprint density at radius 2 is 1.78 bits per heavy atom. The smallest absolute Gasteiger partial charge is 0.163 e. The molecule has 41 heavy (non-hydrogen) atoms. The summed E-state index contributed by atoms with van der Waals surface area (Å²) in [6.07, 6.45) is 4.72. The lowest BCUT2D eigenvalue weighted by atomic mass is 9.90. The highest BCUT2D eigenvalue weighted by Crippen LogP contribution is 2.34. The zero-order chi connectivity index (χ0) is 29.5. The van der Waals surface area contributed by atoms with Crippen LogP contribution >= 0.6 is 0 Å². The molecule has 1 aliphatic rings. The van der Waals surface area contributed by atoms with Gasteiger partial charge in [0.15, 0.2) is 12.0 Å². The van der Waals surface area contributed by atoms with Crippen LogP contribution in [-0.4, -0.2) is 33.7 Å². The van der Waals surface area contributed by atoms with Gasteiger partial charge in [0.1, 0.15) is 18.1 Å². The molecule has 4 rings (SSSR count). The number of hydrazone groups is 1. The summed E-state index contributed by atoms with van der Waals surface area (Å²) in [5.41, 5.74) is 4.86. The summed E-state index contributed by atoms with van der Waals surface area (Å²) in [4.78, 5) is 11.8. The maximum Gasteiger partial charge on any atom is 0.163 e. The van der Waals surface area contributed by atoms with Crippen LogP contribution in [0.25, 0.3) is 0 Å². The van der Waals surface area contributed by atoms with Gasteiger partial charge in [-0.2, -0.15) is 5.10 Å². The molecule has 3 aromatic carbocycles. The van der Waals surface area contributed by atoms with Gasteiger partial charge >= 0.3 is 0 Å². The second kappa shape index (κ2) is 13.8. The second-order valence-electron chi connectivity index (χ2n) is 11.1. The van der Waals surface area contributed by atoms with Crippen molar-refractivity contribution in [2.24, 2.45) is 5.10 Å². The minimum absolute atomic E-state index is 0.00851. The van der Waals surface area contributed by atoms with E-state index >= 15 is 4.39 Å². The minimum Gasteiger partial charge on any atom is -0.507 e. The van der Waals surface area contributed by atoms with Crippen molar-refractivity contribution in [2.45, 2.75) is 98.0 Å². The number of nitrogens with zero attached hydrogens (tertiary/aromatic N) is 2. The number of aromatic hydroxyl groups is 1. The van der Waals surface area contributed by atoms with Gasteiger partial charge in [-0.25, -0.2) is 4.39 Å². The van der Waals surface area contributed by atoms with E-state index in [0.29, 0.717) is 46.5 Å². The fourth-order valence-electron chi connectivity index (χ4n) is 5.61. The summed E-state index contributed by atoms with van der Waals surface area (Å²) < 4.78 is 21.7. The van der Waals surface area contributed by atoms with Gasteiger partial charge in [-0.05, 0) is 80.0 Å². The third-order valence-electron chi connectivity index (χ3n) is 8.03. The summed E-state index contributed by atoms with van der Waals surface area (Å²) in [5.74, 6) is 0.364. The van der Waals surface area contributed by atoms with Gasteiger partial charge in [0.2, 0.25) is 0 Å². The van der Waals surface area contributed by atoms with Gasteiger partial charge in [0, 0.05) is 17.6 Å². The maximum atomic E-state index is 15.7. The molecule has 3 aromatic rings. The van der Waals surface area contributed by atoms with Crippen molar-refractivity contribution in [3.8, 4) is 11.5 Å². The van der Waals surface area contributed by atoms with Crippen LogP contribution in [0, 0.1) is 0 Å². The Hall–Kier alpha value is -3.67. The number of Topliss-reactive ketones (excluding diaryl/α,β-unsaturated/α-hetero) is 1. The first kappa shape index (κ1) is 30.3. The number of phenolic OH excluding ortho intramolecular Hbond substituents is 1. The molecule has 5 nitrogen and oxygen atoms in total. The van der Waals surface area contributed by atoms with Gasteiger partial charge in [0.05, 0.1) is 11.3 Å². The molecule has 0 radical (unpaired) electrons. The average Bonchev–Trinajstić information content (AvgIpc) is 2.97. The summed E-state index contributed by atoms with van der Waals surface area (Å²) in [7, 11) is 0. The van der Waals surface area contributed by atoms with Crippen molar-refractivity contribution < 1.29 is 19.0 Å². The van der Waals surface area contributed by atoms with Crippen LogP contribution < -0.4 is 4.74 Å². The Labute approximate surface area is 244 Å². The molecular weight excluding hydrogens is 515 g/mol. The lowest BCUT2D eigenvalue weighted by molar-refractivity contribution is 0.0104. The van der Waals surface area contributed by atoms with Crippen LogP contribution in [0.3, 0.4) is 0 Å². The van der Waals surface area contributed by atoms with Crippen LogP contribution in [0.1, 0.15) is 111 Å². The van der Waals surface area contributed by atoms with Crippen LogP contribution in [0.15, 0.2) is 65.8 Å². The van der Waals surface area contributed by atoms with Gasteiger partial charge in [0.25, 0.3) is 0 Å². The number of hydrogen-bond acceptors (Lipinski definition) is 5. The molecule has 1 aliphatic heterocycles. The zero-order valence-corrected chi connectivity index (χ0v) is 25.0. The molecule has 0 bridgehead atoms. The first-order chi connectivity index (χ1) is 19.8. The summed E-state index contributed by atoms with van der Waals surface area (Å²) in [5, 5.41) is 17.8. The molecule has 3 atom stereocenters. The molecule has 0 aromatic heterocycles. The van der Waals surface area contributed by atoms with E-state index in [1.807, 2.05) is 50.2 Å². The molecule has 0 aliphatic carbocycles. The maximum absolute atomic E-state index is 15.7. The van der Waals surface area contributed by atoms with Crippen molar-refractivity contribution in [1.29, 1.82) is 0 Å². The van der Waals surface area contributed by atoms with Crippen LogP contribution in [0.2, 0.25) is 0 Å². The Bertz CT molecular complexity index is 1370. The number of carbonyl (C=O) groups excluding carboxylic acids is 1. The van der Waals surface area contributed by atoms with E-state index < -0.39 is 6.17 Å². The summed E-state index contributed by atoms with van der Waals surface area (Å²) in [6, 6.07) is 19.3. The van der Waals surface area contributed by atoms with Crippen molar-refractivity contribution in [1.82, 2.24) is 5.01 Å². The summed E-state index contributed by atoms with van der Waals surface area (Å²) >= 11 is 0. The second-order valence-corrected chi connectivity index (χ2v) is 11.1. The third kappa shape index (κ3) is 6.98. The quantitative estimate of drug-likeness (QED) is 0.169. The number of hydrogen-bond donors (Lipinski definition) is 1. The topological polar surface area (TPSA) is 62.1 Å². The minimum atomic E-state index is -1.26. The number of phenols is 1. The highest BCUT2D eigenvalue weighted by Gasteiger charge is 2.35. The lowest BCUT2D eigenvalue weighted by Crippen LogP contribution is -2.52. The Morgan fingerprint density at radius 1 is 1.02 bits per heavy atom. The van der Waals surface area contributed by atoms with E-state index in [2.05, 4.69) is 18.9 Å². The molecule has 3 unspecified atom stereocenters. The number of rotatable bonds is 13. The molecule has 1 heterocycles. The SMILES string of the molecule is CCCc1c(OCc2ccc(C(F)c3cccc(/C(C)=N/N4C(CC)CC4CCC)c3)cc2)ccc(C(C)=O)c1O. The Kier molecular flexibility index (Phi) is 10.2. The van der Waals surface area contributed by atoms with Crippen molar-refractivity contribution in [3.63, 3.8) is 0 Å². The molecular formula is C35H43FN2O3. The third-order valence-corrected chi connectivity index (χ3v) is 8.03. The summed E-state index contributed by atoms with van der Waals surface area (Å²) in [6.45, 7) is 10.1. The zero-order valence-electron chi connectivity index (χ0n) is 25.0. The van der Waals surface area contributed by atoms with E-state index in [-0.39, 0.29) is 18.1 Å². The van der Waals surface area contributed by atoms with E-state index in [4.69, 9.17) is 9.84 Å². The molecule has 0 spiro atoms. The number of alkyl halides is 1. The van der Waals surface area contributed by atoms with Crippen LogP contribution in [-0.2, 0) is 13.0 Å². The number of ketones is 1. The molecule has 6 heteroatoms. The van der Waals surface area contributed by atoms with Crippen molar-refractivity contribution in [3.05, 3.63) is 94.0 Å². The van der Waals surface area contributed by atoms with E-state index in [1.165, 1.54) is 13.3 Å². The van der Waals surface area contributed by atoms with Gasteiger partial charge in [-0.3, -0.25) is 9.80 Å². The van der Waals surface area contributed by atoms with Crippen LogP contribution in [0.5, 0.6) is 11.5 Å².